The maximum atomic E-state index is 10.6. The molecule has 104 valence electrons. The minimum atomic E-state index is -1.00. The van der Waals surface area contributed by atoms with Crippen molar-refractivity contribution in [2.75, 3.05) is 13.2 Å². The number of aryl methyl sites for hydroxylation is 1. The van der Waals surface area contributed by atoms with Crippen LogP contribution in [0.15, 0.2) is 18.2 Å². The van der Waals surface area contributed by atoms with Crippen molar-refractivity contribution in [3.05, 3.63) is 23.8 Å². The van der Waals surface area contributed by atoms with Gasteiger partial charge in [0.1, 0.15) is 12.4 Å². The summed E-state index contributed by atoms with van der Waals surface area (Å²) in [6, 6.07) is 5.28. The van der Waals surface area contributed by atoms with Crippen molar-refractivity contribution < 1.29 is 24.3 Å². The van der Waals surface area contributed by atoms with E-state index in [0.29, 0.717) is 30.8 Å². The average Bonchev–Trinajstić information content (AvgIpc) is 2.61. The highest BCUT2D eigenvalue weighted by atomic mass is 16.6. The van der Waals surface area contributed by atoms with Gasteiger partial charge in [0, 0.05) is 11.9 Å². The second-order valence-electron chi connectivity index (χ2n) is 3.80. The van der Waals surface area contributed by atoms with Gasteiger partial charge < -0.3 is 19.5 Å². The van der Waals surface area contributed by atoms with Gasteiger partial charge >= 0.3 is 13.1 Å². The van der Waals surface area contributed by atoms with Crippen LogP contribution in [0.25, 0.3) is 0 Å². The third kappa shape index (κ3) is 4.26. The first-order valence-electron chi connectivity index (χ1n) is 6.44. The van der Waals surface area contributed by atoms with Crippen LogP contribution in [0, 0.1) is 0 Å². The molecule has 5 nitrogen and oxygen atoms in total. The summed E-state index contributed by atoms with van der Waals surface area (Å²) < 4.78 is 10.6. The molecule has 0 aliphatic carbocycles. The van der Waals surface area contributed by atoms with E-state index >= 15 is 0 Å². The summed E-state index contributed by atoms with van der Waals surface area (Å²) in [5.41, 5.74) is 1.35. The number of benzene rings is 1. The molecule has 0 amide bonds. The minimum Gasteiger partial charge on any atom is -0.491 e. The van der Waals surface area contributed by atoms with Crippen LogP contribution in [0.1, 0.15) is 25.8 Å². The van der Waals surface area contributed by atoms with E-state index in [0.717, 1.165) is 5.56 Å². The van der Waals surface area contributed by atoms with E-state index < -0.39 is 13.1 Å². The zero-order valence-corrected chi connectivity index (χ0v) is 11.3. The number of hydrogen-bond acceptors (Lipinski definition) is 4. The molecule has 1 aromatic carbocycles. The lowest BCUT2D eigenvalue weighted by molar-refractivity contribution is -0.136. The van der Waals surface area contributed by atoms with Gasteiger partial charge in [-0.2, -0.15) is 0 Å². The van der Waals surface area contributed by atoms with Gasteiger partial charge in [-0.05, 0) is 12.0 Å². The normalized spacial score (nSPS) is 13.5. The first-order valence-corrected chi connectivity index (χ1v) is 6.44. The summed E-state index contributed by atoms with van der Waals surface area (Å²) in [4.78, 5) is 10.6. The summed E-state index contributed by atoms with van der Waals surface area (Å²) in [5.74, 6) is -0.299. The Bertz CT molecular complexity index is 421. The second-order valence-corrected chi connectivity index (χ2v) is 3.80. The summed E-state index contributed by atoms with van der Waals surface area (Å²) in [5, 5.41) is 18.4. The maximum Gasteiger partial charge on any atom is 0.495 e. The van der Waals surface area contributed by atoms with E-state index in [-0.39, 0.29) is 6.42 Å². The third-order valence-electron chi connectivity index (χ3n) is 2.61. The van der Waals surface area contributed by atoms with Crippen LogP contribution >= 0.6 is 0 Å². The summed E-state index contributed by atoms with van der Waals surface area (Å²) in [6.07, 6.45) is 0.419. The number of aliphatic carboxylic acids is 1. The molecule has 1 heterocycles. The van der Waals surface area contributed by atoms with Gasteiger partial charge in [0.25, 0.3) is 0 Å². The van der Waals surface area contributed by atoms with Gasteiger partial charge in [0.15, 0.2) is 0 Å². The van der Waals surface area contributed by atoms with E-state index in [1.165, 1.54) is 0 Å². The number of carboxylic acid groups (broad SMARTS) is 1. The standard InChI is InChI=1S/C11H13BO5.C2H6/c13-10(14)5-4-8-2-1-3-9-11(8)16-6-7-17-12(9)15;1-2/h1-3,15H,4-7H2,(H,13,14);1-2H3. The van der Waals surface area contributed by atoms with Crippen LogP contribution in [-0.4, -0.2) is 36.4 Å². The largest absolute Gasteiger partial charge is 0.495 e. The molecule has 0 aromatic heterocycles. The molecule has 19 heavy (non-hydrogen) atoms. The molecule has 0 unspecified atom stereocenters. The number of para-hydroxylation sites is 1. The fourth-order valence-electron chi connectivity index (χ4n) is 1.81. The Morgan fingerprint density at radius 2 is 2.11 bits per heavy atom. The van der Waals surface area contributed by atoms with E-state index in [2.05, 4.69) is 0 Å². The molecule has 0 saturated carbocycles. The molecule has 2 rings (SSSR count). The van der Waals surface area contributed by atoms with Gasteiger partial charge in [-0.15, -0.1) is 0 Å². The lowest BCUT2D eigenvalue weighted by Gasteiger charge is -2.12. The summed E-state index contributed by atoms with van der Waals surface area (Å²) >= 11 is 0. The van der Waals surface area contributed by atoms with Gasteiger partial charge in [-0.1, -0.05) is 32.0 Å². The molecule has 2 N–H and O–H groups in total. The number of ether oxygens (including phenoxy) is 1. The Balaban J connectivity index is 0.000000861. The molecule has 6 heteroatoms. The smallest absolute Gasteiger partial charge is 0.491 e. The Morgan fingerprint density at radius 1 is 1.37 bits per heavy atom. The van der Waals surface area contributed by atoms with Crippen LogP contribution in [0.2, 0.25) is 0 Å². The lowest BCUT2D eigenvalue weighted by atomic mass is 9.77. The molecule has 1 aliphatic heterocycles. The highest BCUT2D eigenvalue weighted by Gasteiger charge is 2.25. The molecule has 1 aliphatic rings. The Hall–Kier alpha value is -1.53. The monoisotopic (exact) mass is 266 g/mol. The quantitative estimate of drug-likeness (QED) is 0.792. The van der Waals surface area contributed by atoms with Crippen molar-refractivity contribution in [2.45, 2.75) is 26.7 Å². The molecular formula is C13H19BO5. The van der Waals surface area contributed by atoms with Crippen molar-refractivity contribution in [1.29, 1.82) is 0 Å². The van der Waals surface area contributed by atoms with Crippen molar-refractivity contribution in [3.63, 3.8) is 0 Å². The molecule has 0 bridgehead atoms. The predicted octanol–water partition coefficient (Wildman–Crippen LogP) is 0.827. The fraction of sp³-hybridized carbons (Fsp3) is 0.462. The van der Waals surface area contributed by atoms with Crippen molar-refractivity contribution in [3.8, 4) is 5.75 Å². The molecule has 0 fully saturated rings. The van der Waals surface area contributed by atoms with E-state index in [9.17, 15) is 9.82 Å². The Kier molecular flexibility index (Phi) is 6.39. The molecular weight excluding hydrogens is 247 g/mol. The number of carbonyl (C=O) groups is 1. The van der Waals surface area contributed by atoms with Crippen LogP contribution < -0.4 is 10.2 Å². The second kappa shape index (κ2) is 7.81. The average molecular weight is 266 g/mol. The SMILES string of the molecule is CC.O=C(O)CCc1cccc2c1OCCOB2O. The Labute approximate surface area is 113 Å². The number of rotatable bonds is 3. The maximum absolute atomic E-state index is 10.6. The molecule has 0 spiro atoms. The Morgan fingerprint density at radius 3 is 2.79 bits per heavy atom. The van der Waals surface area contributed by atoms with E-state index in [1.807, 2.05) is 13.8 Å². The van der Waals surface area contributed by atoms with Gasteiger partial charge in [0.05, 0.1) is 6.61 Å². The van der Waals surface area contributed by atoms with Crippen LogP contribution in [0.5, 0.6) is 5.75 Å². The number of fused-ring (bicyclic) bond motifs is 1. The van der Waals surface area contributed by atoms with Gasteiger partial charge in [0.2, 0.25) is 0 Å². The minimum absolute atomic E-state index is 0.0385. The zero-order chi connectivity index (χ0) is 14.3. The van der Waals surface area contributed by atoms with Gasteiger partial charge in [-0.25, -0.2) is 0 Å². The highest BCUT2D eigenvalue weighted by Crippen LogP contribution is 2.20. The molecule has 1 aromatic rings. The number of hydrogen-bond donors (Lipinski definition) is 2. The highest BCUT2D eigenvalue weighted by molar-refractivity contribution is 6.61. The van der Waals surface area contributed by atoms with Crippen molar-refractivity contribution >= 4 is 18.6 Å². The fourth-order valence-corrected chi connectivity index (χ4v) is 1.81. The molecule has 0 radical (unpaired) electrons. The topological polar surface area (TPSA) is 76.0 Å². The number of carboxylic acids is 1. The van der Waals surface area contributed by atoms with Crippen molar-refractivity contribution in [1.82, 2.24) is 0 Å². The van der Waals surface area contributed by atoms with Crippen molar-refractivity contribution in [2.24, 2.45) is 0 Å². The predicted molar refractivity (Wildman–Crippen MR) is 72.8 cm³/mol. The van der Waals surface area contributed by atoms with Crippen LogP contribution in [0.3, 0.4) is 0 Å². The zero-order valence-electron chi connectivity index (χ0n) is 11.3. The lowest BCUT2D eigenvalue weighted by Crippen LogP contribution is -2.33. The summed E-state index contributed by atoms with van der Waals surface area (Å²) in [7, 11) is -1.00. The summed E-state index contributed by atoms with van der Waals surface area (Å²) in [6.45, 7) is 4.67. The van der Waals surface area contributed by atoms with E-state index in [1.54, 1.807) is 18.2 Å². The van der Waals surface area contributed by atoms with Gasteiger partial charge in [-0.3, -0.25) is 4.79 Å². The van der Waals surface area contributed by atoms with E-state index in [4.69, 9.17) is 14.5 Å². The molecule has 0 atom stereocenters. The first-order chi connectivity index (χ1) is 9.18. The van der Waals surface area contributed by atoms with Crippen LogP contribution in [-0.2, 0) is 15.9 Å². The third-order valence-corrected chi connectivity index (χ3v) is 2.61. The first kappa shape index (κ1) is 15.5. The molecule has 0 saturated heterocycles. The van der Waals surface area contributed by atoms with Crippen LogP contribution in [0.4, 0.5) is 0 Å².